The van der Waals surface area contributed by atoms with Gasteiger partial charge in [0.05, 0.1) is 17.2 Å². The van der Waals surface area contributed by atoms with Gasteiger partial charge in [-0.1, -0.05) is 18.6 Å². The van der Waals surface area contributed by atoms with E-state index in [1.807, 2.05) is 24.0 Å². The monoisotopic (exact) mass is 352 g/mol. The fourth-order valence-electron chi connectivity index (χ4n) is 4.93. The standard InChI is InChI=1S/C22H28N2O2/c1-14-7-8-17-18(12-15(2)23-20(17)16(14)3)21(26)24-11-5-10-22(13-24)9-4-6-19(22)25/h7-8,12,19,25H,4-6,9-11,13H2,1-3H3/t19-,22+/m1/s1. The molecule has 2 heterocycles. The first-order valence-corrected chi connectivity index (χ1v) is 9.76. The van der Waals surface area contributed by atoms with Crippen LogP contribution in [0, 0.1) is 26.2 Å². The molecule has 138 valence electrons. The first-order valence-electron chi connectivity index (χ1n) is 9.76. The minimum atomic E-state index is -0.265. The molecule has 0 bridgehead atoms. The lowest BCUT2D eigenvalue weighted by Crippen LogP contribution is -2.49. The maximum absolute atomic E-state index is 13.4. The number of aromatic nitrogens is 1. The fourth-order valence-corrected chi connectivity index (χ4v) is 4.93. The Morgan fingerprint density at radius 3 is 2.73 bits per heavy atom. The summed E-state index contributed by atoms with van der Waals surface area (Å²) in [4.78, 5) is 20.1. The average Bonchev–Trinajstić information content (AvgIpc) is 2.97. The van der Waals surface area contributed by atoms with Crippen molar-refractivity contribution in [3.05, 3.63) is 40.6 Å². The van der Waals surface area contributed by atoms with Gasteiger partial charge in [-0.2, -0.15) is 0 Å². The summed E-state index contributed by atoms with van der Waals surface area (Å²) in [6.07, 6.45) is 4.72. The zero-order valence-corrected chi connectivity index (χ0v) is 16.0. The Kier molecular flexibility index (Phi) is 4.26. The molecule has 0 radical (unpaired) electrons. The Hall–Kier alpha value is -1.94. The van der Waals surface area contributed by atoms with Crippen LogP contribution in [0.4, 0.5) is 0 Å². The third-order valence-corrected chi connectivity index (χ3v) is 6.62. The van der Waals surface area contributed by atoms with Crippen LogP contribution in [0.25, 0.3) is 10.9 Å². The molecule has 1 spiro atoms. The third kappa shape index (κ3) is 2.71. The summed E-state index contributed by atoms with van der Waals surface area (Å²) >= 11 is 0. The van der Waals surface area contributed by atoms with Crippen LogP contribution in [-0.2, 0) is 0 Å². The Labute approximate surface area is 155 Å². The molecule has 1 aliphatic heterocycles. The molecule has 0 unspecified atom stereocenters. The lowest BCUT2D eigenvalue weighted by molar-refractivity contribution is -0.00529. The van der Waals surface area contributed by atoms with Crippen molar-refractivity contribution in [2.24, 2.45) is 5.41 Å². The Balaban J connectivity index is 1.73. The van der Waals surface area contributed by atoms with E-state index in [4.69, 9.17) is 4.98 Å². The fraction of sp³-hybridized carbons (Fsp3) is 0.545. The van der Waals surface area contributed by atoms with Crippen molar-refractivity contribution in [1.82, 2.24) is 9.88 Å². The van der Waals surface area contributed by atoms with Gasteiger partial charge in [-0.05, 0) is 63.6 Å². The van der Waals surface area contributed by atoms with Gasteiger partial charge in [0.2, 0.25) is 0 Å². The third-order valence-electron chi connectivity index (χ3n) is 6.62. The first kappa shape index (κ1) is 17.5. The summed E-state index contributed by atoms with van der Waals surface area (Å²) < 4.78 is 0. The zero-order valence-electron chi connectivity index (χ0n) is 16.0. The van der Waals surface area contributed by atoms with Gasteiger partial charge >= 0.3 is 0 Å². The lowest BCUT2D eigenvalue weighted by Gasteiger charge is -2.42. The average molecular weight is 352 g/mol. The van der Waals surface area contributed by atoms with E-state index >= 15 is 0 Å². The predicted octanol–water partition coefficient (Wildman–Crippen LogP) is 3.93. The number of piperidine rings is 1. The number of carbonyl (C=O) groups excluding carboxylic acids is 1. The van der Waals surface area contributed by atoms with E-state index in [9.17, 15) is 9.90 Å². The molecular weight excluding hydrogens is 324 g/mol. The van der Waals surface area contributed by atoms with Crippen molar-refractivity contribution < 1.29 is 9.90 Å². The van der Waals surface area contributed by atoms with Gasteiger partial charge in [-0.3, -0.25) is 9.78 Å². The second-order valence-electron chi connectivity index (χ2n) is 8.32. The van der Waals surface area contributed by atoms with Crippen LogP contribution >= 0.6 is 0 Å². The van der Waals surface area contributed by atoms with E-state index < -0.39 is 0 Å². The highest BCUT2D eigenvalue weighted by molar-refractivity contribution is 6.07. The van der Waals surface area contributed by atoms with Crippen LogP contribution in [0.5, 0.6) is 0 Å². The molecule has 26 heavy (non-hydrogen) atoms. The molecule has 4 nitrogen and oxygen atoms in total. The first-order chi connectivity index (χ1) is 12.4. The summed E-state index contributed by atoms with van der Waals surface area (Å²) in [5.74, 6) is 0.0851. The number of hydrogen-bond donors (Lipinski definition) is 1. The highest BCUT2D eigenvalue weighted by Gasteiger charge is 2.45. The summed E-state index contributed by atoms with van der Waals surface area (Å²) in [6, 6.07) is 6.02. The number of fused-ring (bicyclic) bond motifs is 1. The number of likely N-dealkylation sites (tertiary alicyclic amines) is 1. The van der Waals surface area contributed by atoms with Gasteiger partial charge in [0.25, 0.3) is 5.91 Å². The van der Waals surface area contributed by atoms with Crippen LogP contribution < -0.4 is 0 Å². The number of amides is 1. The van der Waals surface area contributed by atoms with Crippen molar-refractivity contribution in [3.8, 4) is 0 Å². The highest BCUT2D eigenvalue weighted by atomic mass is 16.3. The molecule has 2 aromatic rings. The second-order valence-corrected chi connectivity index (χ2v) is 8.32. The quantitative estimate of drug-likeness (QED) is 0.846. The van der Waals surface area contributed by atoms with Crippen LogP contribution in [0.1, 0.15) is 59.3 Å². The predicted molar refractivity (Wildman–Crippen MR) is 103 cm³/mol. The zero-order chi connectivity index (χ0) is 18.5. The lowest BCUT2D eigenvalue weighted by atomic mass is 9.76. The number of benzene rings is 1. The maximum atomic E-state index is 13.4. The molecule has 1 N–H and O–H groups in total. The van der Waals surface area contributed by atoms with E-state index in [2.05, 4.69) is 19.9 Å². The number of aliphatic hydroxyl groups is 1. The number of carbonyl (C=O) groups is 1. The van der Waals surface area contributed by atoms with E-state index in [1.165, 1.54) is 5.56 Å². The number of hydrogen-bond acceptors (Lipinski definition) is 3. The summed E-state index contributed by atoms with van der Waals surface area (Å²) in [7, 11) is 0. The summed E-state index contributed by atoms with van der Waals surface area (Å²) in [5, 5.41) is 11.4. The van der Waals surface area contributed by atoms with E-state index in [1.54, 1.807) is 0 Å². The molecular formula is C22H28N2O2. The maximum Gasteiger partial charge on any atom is 0.254 e. The van der Waals surface area contributed by atoms with Crippen molar-refractivity contribution >= 4 is 16.8 Å². The molecule has 1 aliphatic carbocycles. The molecule has 2 aliphatic rings. The minimum absolute atomic E-state index is 0.0850. The van der Waals surface area contributed by atoms with E-state index in [-0.39, 0.29) is 17.4 Å². The Morgan fingerprint density at radius 2 is 2.00 bits per heavy atom. The minimum Gasteiger partial charge on any atom is -0.392 e. The van der Waals surface area contributed by atoms with Gasteiger partial charge in [0, 0.05) is 29.6 Å². The molecule has 1 amide bonds. The van der Waals surface area contributed by atoms with Crippen LogP contribution in [0.2, 0.25) is 0 Å². The van der Waals surface area contributed by atoms with Gasteiger partial charge in [-0.15, -0.1) is 0 Å². The molecule has 1 saturated heterocycles. The summed E-state index contributed by atoms with van der Waals surface area (Å²) in [5.41, 5.74) is 4.81. The molecule has 4 heteroatoms. The number of nitrogens with zero attached hydrogens (tertiary/aromatic N) is 2. The molecule has 2 atom stereocenters. The number of rotatable bonds is 1. The Bertz CT molecular complexity index is 876. The molecule has 1 saturated carbocycles. The van der Waals surface area contributed by atoms with Crippen molar-refractivity contribution in [3.63, 3.8) is 0 Å². The van der Waals surface area contributed by atoms with Crippen LogP contribution in [-0.4, -0.2) is 40.1 Å². The Morgan fingerprint density at radius 1 is 1.23 bits per heavy atom. The van der Waals surface area contributed by atoms with Crippen molar-refractivity contribution in [1.29, 1.82) is 0 Å². The number of aryl methyl sites for hydroxylation is 3. The molecule has 1 aromatic carbocycles. The smallest absolute Gasteiger partial charge is 0.254 e. The van der Waals surface area contributed by atoms with Gasteiger partial charge in [-0.25, -0.2) is 0 Å². The summed E-state index contributed by atoms with van der Waals surface area (Å²) in [6.45, 7) is 7.57. The highest BCUT2D eigenvalue weighted by Crippen LogP contribution is 2.45. The number of aliphatic hydroxyl groups excluding tert-OH is 1. The SMILES string of the molecule is Cc1cc(C(=O)N2CCC[C@@]3(CCC[C@H]3O)C2)c2ccc(C)c(C)c2n1. The van der Waals surface area contributed by atoms with Crippen molar-refractivity contribution in [2.45, 2.75) is 59.0 Å². The van der Waals surface area contributed by atoms with Gasteiger partial charge < -0.3 is 10.0 Å². The van der Waals surface area contributed by atoms with E-state index in [0.717, 1.165) is 66.4 Å². The van der Waals surface area contributed by atoms with Crippen molar-refractivity contribution in [2.75, 3.05) is 13.1 Å². The van der Waals surface area contributed by atoms with Crippen LogP contribution in [0.15, 0.2) is 18.2 Å². The van der Waals surface area contributed by atoms with Gasteiger partial charge in [0.1, 0.15) is 0 Å². The molecule has 1 aromatic heterocycles. The number of pyridine rings is 1. The second kappa shape index (κ2) is 6.34. The molecule has 2 fully saturated rings. The normalized spacial score (nSPS) is 26.0. The van der Waals surface area contributed by atoms with E-state index in [0.29, 0.717) is 6.54 Å². The van der Waals surface area contributed by atoms with Crippen LogP contribution in [0.3, 0.4) is 0 Å². The van der Waals surface area contributed by atoms with Gasteiger partial charge in [0.15, 0.2) is 0 Å². The largest absolute Gasteiger partial charge is 0.392 e. The topological polar surface area (TPSA) is 53.4 Å². The molecule has 4 rings (SSSR count).